The van der Waals surface area contributed by atoms with Gasteiger partial charge in [-0.1, -0.05) is 18.2 Å². The summed E-state index contributed by atoms with van der Waals surface area (Å²) < 4.78 is 6.65. The zero-order valence-electron chi connectivity index (χ0n) is 21.4. The molecule has 3 aliphatic carbocycles. The van der Waals surface area contributed by atoms with Crippen LogP contribution in [-0.2, 0) is 20.8 Å². The summed E-state index contributed by atoms with van der Waals surface area (Å²) in [5.74, 6) is -6.44. The molecule has 0 bridgehead atoms. The maximum atomic E-state index is 14.0. The summed E-state index contributed by atoms with van der Waals surface area (Å²) in [4.78, 5) is 40.8. The number of primary amides is 1. The predicted octanol–water partition coefficient (Wildman–Crippen LogP) is 2.98. The van der Waals surface area contributed by atoms with E-state index in [1.54, 1.807) is 32.3 Å². The van der Waals surface area contributed by atoms with Crippen molar-refractivity contribution >= 4 is 56.8 Å². The number of Topliss-reactive ketones (excluding diaryl/α,β-unsaturated/α-hetero) is 2. The summed E-state index contributed by atoms with van der Waals surface area (Å²) in [5.41, 5.74) is 3.20. The number of amides is 1. The highest BCUT2D eigenvalue weighted by molar-refractivity contribution is 14.1. The van der Waals surface area contributed by atoms with Crippen molar-refractivity contribution in [1.29, 1.82) is 0 Å². The van der Waals surface area contributed by atoms with Crippen LogP contribution in [0.15, 0.2) is 57.7 Å². The molecule has 11 heteroatoms. The molecule has 40 heavy (non-hydrogen) atoms. The number of carbonyl (C=O) groups excluding carboxylic acids is 3. The summed E-state index contributed by atoms with van der Waals surface area (Å²) >= 11 is 2.10. The van der Waals surface area contributed by atoms with E-state index in [4.69, 9.17) is 10.2 Å². The maximum absolute atomic E-state index is 14.0. The highest BCUT2D eigenvalue weighted by Crippen LogP contribution is 2.54. The number of aromatic hydroxyl groups is 1. The minimum atomic E-state index is -2.68. The van der Waals surface area contributed by atoms with Gasteiger partial charge in [-0.3, -0.25) is 19.3 Å². The molecule has 4 atom stereocenters. The molecule has 1 heterocycles. The number of hydrogen-bond donors (Lipinski definition) is 5. The van der Waals surface area contributed by atoms with Crippen molar-refractivity contribution in [3.05, 3.63) is 68.0 Å². The van der Waals surface area contributed by atoms with Gasteiger partial charge in [-0.05, 0) is 79.2 Å². The number of para-hydroxylation sites is 1. The average Bonchev–Trinajstić information content (AvgIpc) is 3.32. The van der Waals surface area contributed by atoms with E-state index in [0.717, 1.165) is 5.39 Å². The largest absolute Gasteiger partial charge is 0.508 e. The number of likely N-dealkylation sites (N-methyl/N-ethyl adjacent to an activating group) is 1. The quantitative estimate of drug-likeness (QED) is 0.210. The van der Waals surface area contributed by atoms with Crippen LogP contribution in [0.5, 0.6) is 5.75 Å². The molecule has 3 aromatic rings. The van der Waals surface area contributed by atoms with Crippen molar-refractivity contribution in [2.24, 2.45) is 17.6 Å². The van der Waals surface area contributed by atoms with E-state index in [9.17, 15) is 34.8 Å². The van der Waals surface area contributed by atoms with Gasteiger partial charge in [-0.25, -0.2) is 0 Å². The Morgan fingerprint density at radius 3 is 2.50 bits per heavy atom. The smallest absolute Gasteiger partial charge is 0.255 e. The second-order valence-electron chi connectivity index (χ2n) is 10.7. The third-order valence-electron chi connectivity index (χ3n) is 8.36. The van der Waals surface area contributed by atoms with Crippen molar-refractivity contribution in [3.8, 4) is 17.1 Å². The first-order valence-corrected chi connectivity index (χ1v) is 13.6. The van der Waals surface area contributed by atoms with Gasteiger partial charge in [0.2, 0.25) is 5.78 Å². The fourth-order valence-electron chi connectivity index (χ4n) is 6.57. The van der Waals surface area contributed by atoms with Crippen molar-refractivity contribution in [2.45, 2.75) is 24.5 Å². The highest BCUT2D eigenvalue weighted by Gasteiger charge is 2.64. The molecule has 1 aromatic heterocycles. The van der Waals surface area contributed by atoms with Crippen LogP contribution in [-0.4, -0.2) is 68.5 Å². The summed E-state index contributed by atoms with van der Waals surface area (Å²) in [5, 5.41) is 46.5. The van der Waals surface area contributed by atoms with E-state index < -0.39 is 58.0 Å². The molecule has 1 fully saturated rings. The lowest BCUT2D eigenvalue weighted by molar-refractivity contribution is -0.153. The van der Waals surface area contributed by atoms with Crippen LogP contribution in [0.2, 0.25) is 0 Å². The van der Waals surface area contributed by atoms with Gasteiger partial charge in [-0.2, -0.15) is 0 Å². The number of hydrogen-bond acceptors (Lipinski definition) is 9. The molecule has 10 nitrogen and oxygen atoms in total. The van der Waals surface area contributed by atoms with Crippen LogP contribution in [0.4, 0.5) is 0 Å². The first kappa shape index (κ1) is 26.5. The minimum Gasteiger partial charge on any atom is -0.508 e. The predicted molar refractivity (Wildman–Crippen MR) is 152 cm³/mol. The molecular weight excluding hydrogens is 631 g/mol. The van der Waals surface area contributed by atoms with Gasteiger partial charge in [0.05, 0.1) is 17.2 Å². The number of carbonyl (C=O) groups is 3. The number of benzene rings is 2. The Hall–Kier alpha value is -3.68. The molecule has 0 spiro atoms. The highest BCUT2D eigenvalue weighted by atomic mass is 127. The number of phenols is 1. The fourth-order valence-corrected chi connectivity index (χ4v) is 7.37. The van der Waals surface area contributed by atoms with Gasteiger partial charge in [0, 0.05) is 20.4 Å². The summed E-state index contributed by atoms with van der Waals surface area (Å²) in [6, 6.07) is 9.71. The van der Waals surface area contributed by atoms with Crippen molar-refractivity contribution in [2.75, 3.05) is 14.1 Å². The SMILES string of the molecule is CN(C)[C@@H]1C(=O)C(C(N)=O)=C(O)[C@@]2(O)C(=O)C3=C(O)c4c(O)c(-c5cc6ccccc6o5)cc(I)c4C[C@H]3C[C@@H]12. The van der Waals surface area contributed by atoms with Gasteiger partial charge in [0.15, 0.2) is 11.4 Å². The third kappa shape index (κ3) is 3.44. The Balaban J connectivity index is 1.56. The van der Waals surface area contributed by atoms with E-state index in [2.05, 4.69) is 22.6 Å². The number of phenolic OH excluding ortho intramolecular Hbond substituents is 1. The van der Waals surface area contributed by atoms with Gasteiger partial charge in [0.25, 0.3) is 5.91 Å². The van der Waals surface area contributed by atoms with E-state index in [1.807, 2.05) is 18.2 Å². The molecule has 206 valence electrons. The van der Waals surface area contributed by atoms with E-state index >= 15 is 0 Å². The maximum Gasteiger partial charge on any atom is 0.255 e. The molecular formula is C29H25IN2O8. The van der Waals surface area contributed by atoms with Crippen LogP contribution in [0, 0.1) is 15.4 Å². The van der Waals surface area contributed by atoms with Crippen LogP contribution in [0.3, 0.4) is 0 Å². The topological polar surface area (TPSA) is 175 Å². The Morgan fingerprint density at radius 1 is 1.15 bits per heavy atom. The second-order valence-corrected chi connectivity index (χ2v) is 11.9. The standard InChI is InChI=1S/C29H25IN2O8/c1-32(2)22-15-8-12-7-13-16(30)10-14(18-9-11-5-3-4-6-17(11)40-18)23(33)20(13)24(34)19(12)26(36)29(15,39)27(37)21(25(22)35)28(31)38/h3-6,9-10,12,15,22,33-34,37,39H,7-8H2,1-2H3,(H2,31,38)/t12-,15-,22-,29-/m0/s1. The fraction of sp³-hybridized carbons (Fsp3) is 0.276. The second kappa shape index (κ2) is 8.91. The molecule has 0 aliphatic heterocycles. The Bertz CT molecular complexity index is 1700. The number of aliphatic hydroxyl groups excluding tert-OH is 2. The number of fused-ring (bicyclic) bond motifs is 4. The lowest BCUT2D eigenvalue weighted by atomic mass is 9.57. The first-order valence-electron chi connectivity index (χ1n) is 12.6. The number of ketones is 2. The molecule has 6 N–H and O–H groups in total. The summed E-state index contributed by atoms with van der Waals surface area (Å²) in [6.07, 6.45) is 0.259. The molecule has 6 rings (SSSR count). The number of furan rings is 1. The van der Waals surface area contributed by atoms with Gasteiger partial charge < -0.3 is 30.6 Å². The Kier molecular flexibility index (Phi) is 5.91. The Labute approximate surface area is 241 Å². The van der Waals surface area contributed by atoms with Crippen LogP contribution in [0.25, 0.3) is 28.1 Å². The van der Waals surface area contributed by atoms with Crippen molar-refractivity contribution < 1.29 is 39.2 Å². The molecule has 0 radical (unpaired) electrons. The normalized spacial score (nSPS) is 26.3. The zero-order valence-corrected chi connectivity index (χ0v) is 23.6. The lowest BCUT2D eigenvalue weighted by Crippen LogP contribution is -2.65. The van der Waals surface area contributed by atoms with Crippen LogP contribution in [0.1, 0.15) is 17.5 Å². The van der Waals surface area contributed by atoms with Gasteiger partial charge in [-0.15, -0.1) is 0 Å². The third-order valence-corrected chi connectivity index (χ3v) is 9.32. The number of halogens is 1. The Morgan fingerprint density at radius 2 is 1.85 bits per heavy atom. The summed E-state index contributed by atoms with van der Waals surface area (Å²) in [7, 11) is 3.13. The molecule has 2 aromatic carbocycles. The first-order chi connectivity index (χ1) is 18.9. The average molecular weight is 656 g/mol. The number of aliphatic hydroxyl groups is 3. The molecule has 1 amide bonds. The summed E-state index contributed by atoms with van der Waals surface area (Å²) in [6.45, 7) is 0. The van der Waals surface area contributed by atoms with Crippen LogP contribution >= 0.6 is 22.6 Å². The zero-order chi connectivity index (χ0) is 28.8. The minimum absolute atomic E-state index is 0.0265. The lowest BCUT2D eigenvalue weighted by Gasteiger charge is -2.50. The number of nitrogens with two attached hydrogens (primary N) is 1. The van der Waals surface area contributed by atoms with Crippen LogP contribution < -0.4 is 5.73 Å². The molecule has 0 unspecified atom stereocenters. The number of rotatable bonds is 3. The van der Waals surface area contributed by atoms with E-state index in [0.29, 0.717) is 26.0 Å². The van der Waals surface area contributed by atoms with Crippen molar-refractivity contribution in [1.82, 2.24) is 4.90 Å². The molecule has 0 saturated heterocycles. The van der Waals surface area contributed by atoms with Gasteiger partial charge in [0.1, 0.15) is 34.2 Å². The number of nitrogens with zero attached hydrogens (tertiary/aromatic N) is 1. The van der Waals surface area contributed by atoms with E-state index in [1.165, 1.54) is 4.90 Å². The molecule has 1 saturated carbocycles. The van der Waals surface area contributed by atoms with Gasteiger partial charge >= 0.3 is 0 Å². The monoisotopic (exact) mass is 656 g/mol. The van der Waals surface area contributed by atoms with Crippen molar-refractivity contribution in [3.63, 3.8) is 0 Å². The molecule has 3 aliphatic rings. The van der Waals surface area contributed by atoms with E-state index in [-0.39, 0.29) is 29.7 Å².